The summed E-state index contributed by atoms with van der Waals surface area (Å²) in [6, 6.07) is 21.2. The Hall–Kier alpha value is -2.13. The summed E-state index contributed by atoms with van der Waals surface area (Å²) in [5.41, 5.74) is 2.51. The van der Waals surface area contributed by atoms with Crippen LogP contribution >= 0.6 is 0 Å². The van der Waals surface area contributed by atoms with Crippen molar-refractivity contribution in [3.05, 3.63) is 71.8 Å². The fourth-order valence-corrected chi connectivity index (χ4v) is 3.68. The fourth-order valence-electron chi connectivity index (χ4n) is 3.68. The summed E-state index contributed by atoms with van der Waals surface area (Å²) in [5, 5.41) is 0. The molecular weight excluding hydrogens is 298 g/mol. The molecule has 3 rings (SSSR count). The number of ether oxygens (including phenoxy) is 1. The van der Waals surface area contributed by atoms with Crippen LogP contribution in [0.15, 0.2) is 60.7 Å². The van der Waals surface area contributed by atoms with Crippen LogP contribution in [0.4, 0.5) is 0 Å². The second-order valence-corrected chi connectivity index (χ2v) is 6.67. The van der Waals surface area contributed by atoms with Crippen molar-refractivity contribution >= 4 is 5.97 Å². The molecule has 126 valence electrons. The van der Waals surface area contributed by atoms with E-state index in [2.05, 4.69) is 60.4 Å². The van der Waals surface area contributed by atoms with E-state index in [0.29, 0.717) is 0 Å². The van der Waals surface area contributed by atoms with Gasteiger partial charge in [0.05, 0.1) is 12.0 Å². The topological polar surface area (TPSA) is 29.5 Å². The van der Waals surface area contributed by atoms with Gasteiger partial charge in [-0.1, -0.05) is 67.6 Å². The number of rotatable bonds is 5. The Bertz CT molecular complexity index is 671. The minimum absolute atomic E-state index is 0.0768. The van der Waals surface area contributed by atoms with Crippen LogP contribution in [0.5, 0.6) is 0 Å². The number of carbonyl (C=O) groups is 1. The minimum Gasteiger partial charge on any atom is -0.461 e. The van der Waals surface area contributed by atoms with Crippen LogP contribution in [0.1, 0.15) is 37.9 Å². The number of hydrogen-bond donors (Lipinski definition) is 0. The maximum absolute atomic E-state index is 12.1. The van der Waals surface area contributed by atoms with Crippen LogP contribution in [0.2, 0.25) is 0 Å². The van der Waals surface area contributed by atoms with Gasteiger partial charge in [-0.3, -0.25) is 9.69 Å². The third-order valence-corrected chi connectivity index (χ3v) is 5.04. The molecule has 0 spiro atoms. The highest BCUT2D eigenvalue weighted by atomic mass is 16.6. The molecule has 0 unspecified atom stereocenters. The van der Waals surface area contributed by atoms with Gasteiger partial charge in [0.15, 0.2) is 0 Å². The van der Waals surface area contributed by atoms with E-state index < -0.39 is 0 Å². The van der Waals surface area contributed by atoms with Crippen LogP contribution in [-0.2, 0) is 16.1 Å². The Balaban J connectivity index is 1.93. The van der Waals surface area contributed by atoms with Gasteiger partial charge in [0.25, 0.3) is 0 Å². The molecular formula is C21H25NO2. The predicted octanol–water partition coefficient (Wildman–Crippen LogP) is 4.20. The smallest absolute Gasteiger partial charge is 0.310 e. The molecule has 3 nitrogen and oxygen atoms in total. The Morgan fingerprint density at radius 3 is 2.12 bits per heavy atom. The molecule has 1 saturated heterocycles. The summed E-state index contributed by atoms with van der Waals surface area (Å²) in [6.45, 7) is 6.99. The highest BCUT2D eigenvalue weighted by molar-refractivity contribution is 5.75. The van der Waals surface area contributed by atoms with E-state index in [-0.39, 0.29) is 30.1 Å². The largest absolute Gasteiger partial charge is 0.461 e. The number of cyclic esters (lactones) is 1. The number of esters is 1. The molecule has 0 N–H and O–H groups in total. The van der Waals surface area contributed by atoms with Crippen molar-refractivity contribution in [3.8, 4) is 0 Å². The molecule has 2 aromatic carbocycles. The van der Waals surface area contributed by atoms with E-state index in [1.165, 1.54) is 11.1 Å². The first-order valence-corrected chi connectivity index (χ1v) is 8.63. The van der Waals surface area contributed by atoms with E-state index >= 15 is 0 Å². The van der Waals surface area contributed by atoms with Gasteiger partial charge < -0.3 is 4.74 Å². The molecule has 0 saturated carbocycles. The highest BCUT2D eigenvalue weighted by Crippen LogP contribution is 2.34. The molecule has 1 aliphatic rings. The van der Waals surface area contributed by atoms with Crippen molar-refractivity contribution in [1.82, 2.24) is 4.90 Å². The molecule has 0 aromatic heterocycles. The second-order valence-electron chi connectivity index (χ2n) is 6.67. The van der Waals surface area contributed by atoms with E-state index in [4.69, 9.17) is 4.74 Å². The Kier molecular flexibility index (Phi) is 5.00. The van der Waals surface area contributed by atoms with Crippen molar-refractivity contribution in [3.63, 3.8) is 0 Å². The molecule has 2 aromatic rings. The maximum atomic E-state index is 12.1. The zero-order chi connectivity index (χ0) is 17.1. The molecule has 1 fully saturated rings. The lowest BCUT2D eigenvalue weighted by atomic mass is 9.94. The first-order valence-electron chi connectivity index (χ1n) is 8.63. The summed E-state index contributed by atoms with van der Waals surface area (Å²) in [6.07, 6.45) is -0.0950. The van der Waals surface area contributed by atoms with Gasteiger partial charge in [-0.2, -0.15) is 0 Å². The third kappa shape index (κ3) is 3.36. The maximum Gasteiger partial charge on any atom is 0.310 e. The number of nitrogens with zero attached hydrogens (tertiary/aromatic N) is 1. The highest BCUT2D eigenvalue weighted by Gasteiger charge is 2.44. The lowest BCUT2D eigenvalue weighted by Gasteiger charge is -2.37. The summed E-state index contributed by atoms with van der Waals surface area (Å²) in [7, 11) is 0. The third-order valence-electron chi connectivity index (χ3n) is 5.04. The number of benzene rings is 2. The standard InChI is InChI=1S/C21H25NO2/c1-15-20(17(3)24-21(15)23)22(14-18-10-6-4-7-11-18)16(2)19-12-8-5-9-13-19/h4-13,15-17,20H,14H2,1-3H3/t15-,16+,17-,20-/m0/s1. The quantitative estimate of drug-likeness (QED) is 0.772. The van der Waals surface area contributed by atoms with Crippen LogP contribution in [-0.4, -0.2) is 23.0 Å². The number of hydrogen-bond acceptors (Lipinski definition) is 3. The Morgan fingerprint density at radius 2 is 1.58 bits per heavy atom. The average Bonchev–Trinajstić information content (AvgIpc) is 2.86. The van der Waals surface area contributed by atoms with E-state index in [1.807, 2.05) is 26.0 Å². The van der Waals surface area contributed by atoms with Crippen LogP contribution in [0.25, 0.3) is 0 Å². The molecule has 4 atom stereocenters. The van der Waals surface area contributed by atoms with Crippen LogP contribution < -0.4 is 0 Å². The summed E-state index contributed by atoms with van der Waals surface area (Å²) in [5.74, 6) is -0.208. The van der Waals surface area contributed by atoms with Crippen molar-refractivity contribution in [2.45, 2.75) is 45.5 Å². The Labute approximate surface area is 144 Å². The normalized spacial score (nSPS) is 24.8. The Morgan fingerprint density at radius 1 is 1.00 bits per heavy atom. The molecule has 0 bridgehead atoms. The van der Waals surface area contributed by atoms with Crippen molar-refractivity contribution in [2.75, 3.05) is 0 Å². The summed E-state index contributed by atoms with van der Waals surface area (Å²) < 4.78 is 5.51. The molecule has 1 heterocycles. The van der Waals surface area contributed by atoms with Gasteiger partial charge in [0.2, 0.25) is 0 Å². The van der Waals surface area contributed by atoms with Crippen molar-refractivity contribution in [2.24, 2.45) is 5.92 Å². The molecule has 0 aliphatic carbocycles. The van der Waals surface area contributed by atoms with Crippen LogP contribution in [0.3, 0.4) is 0 Å². The zero-order valence-electron chi connectivity index (χ0n) is 14.6. The molecule has 3 heteroatoms. The van der Waals surface area contributed by atoms with E-state index in [0.717, 1.165) is 6.54 Å². The zero-order valence-corrected chi connectivity index (χ0v) is 14.6. The lowest BCUT2D eigenvalue weighted by Crippen LogP contribution is -2.44. The predicted molar refractivity (Wildman–Crippen MR) is 95.3 cm³/mol. The van der Waals surface area contributed by atoms with Gasteiger partial charge in [-0.25, -0.2) is 0 Å². The molecule has 0 amide bonds. The van der Waals surface area contributed by atoms with Gasteiger partial charge in [-0.05, 0) is 25.0 Å². The average molecular weight is 323 g/mol. The van der Waals surface area contributed by atoms with Gasteiger partial charge in [-0.15, -0.1) is 0 Å². The molecule has 1 aliphatic heterocycles. The van der Waals surface area contributed by atoms with Crippen molar-refractivity contribution in [1.29, 1.82) is 0 Å². The first kappa shape index (κ1) is 16.7. The van der Waals surface area contributed by atoms with E-state index in [9.17, 15) is 4.79 Å². The first-order chi connectivity index (χ1) is 11.6. The van der Waals surface area contributed by atoms with Gasteiger partial charge >= 0.3 is 5.97 Å². The fraction of sp³-hybridized carbons (Fsp3) is 0.381. The van der Waals surface area contributed by atoms with E-state index in [1.54, 1.807) is 0 Å². The monoisotopic (exact) mass is 323 g/mol. The SMILES string of the molecule is C[C@@H]1OC(=O)[C@@H](C)[C@@H]1N(Cc1ccccc1)[C@H](C)c1ccccc1. The second kappa shape index (κ2) is 7.18. The lowest BCUT2D eigenvalue weighted by molar-refractivity contribution is -0.143. The minimum atomic E-state index is -0.116. The summed E-state index contributed by atoms with van der Waals surface area (Å²) >= 11 is 0. The van der Waals surface area contributed by atoms with Gasteiger partial charge in [0.1, 0.15) is 6.10 Å². The molecule has 24 heavy (non-hydrogen) atoms. The van der Waals surface area contributed by atoms with Gasteiger partial charge in [0, 0.05) is 12.6 Å². The number of carbonyl (C=O) groups excluding carboxylic acids is 1. The van der Waals surface area contributed by atoms with Crippen molar-refractivity contribution < 1.29 is 9.53 Å². The van der Waals surface area contributed by atoms with Crippen LogP contribution in [0, 0.1) is 5.92 Å². The summed E-state index contributed by atoms with van der Waals surface area (Å²) in [4.78, 5) is 14.5. The molecule has 0 radical (unpaired) electrons.